The minimum Gasteiger partial charge on any atom is -0.393 e. The quantitative estimate of drug-likeness (QED) is 0.690. The highest BCUT2D eigenvalue weighted by Crippen LogP contribution is 2.16. The lowest BCUT2D eigenvalue weighted by Crippen LogP contribution is -2.32. The molecule has 4 heteroatoms. The van der Waals surface area contributed by atoms with Gasteiger partial charge in [0.05, 0.1) is 6.10 Å². The third-order valence-corrected chi connectivity index (χ3v) is 3.59. The van der Waals surface area contributed by atoms with Crippen LogP contribution >= 0.6 is 0 Å². The number of hydrogen-bond donors (Lipinski definition) is 3. The predicted molar refractivity (Wildman–Crippen MR) is 87.5 cm³/mol. The third kappa shape index (κ3) is 6.74. The molecule has 0 fully saturated rings. The summed E-state index contributed by atoms with van der Waals surface area (Å²) in [5.74, 6) is 0.0120. The number of anilines is 1. The van der Waals surface area contributed by atoms with Crippen molar-refractivity contribution < 1.29 is 9.90 Å². The molecule has 2 atom stereocenters. The molecule has 4 nitrogen and oxygen atoms in total. The van der Waals surface area contributed by atoms with Gasteiger partial charge in [-0.2, -0.15) is 0 Å². The lowest BCUT2D eigenvalue weighted by atomic mass is 10.1. The van der Waals surface area contributed by atoms with Gasteiger partial charge < -0.3 is 15.7 Å². The van der Waals surface area contributed by atoms with E-state index in [4.69, 9.17) is 0 Å². The fraction of sp³-hybridized carbons (Fsp3) is 0.588. The SMILES string of the molecule is CCC(O)CCNC(C)CC(=O)Nc1ccc(C)cc1C. The molecule has 21 heavy (non-hydrogen) atoms. The van der Waals surface area contributed by atoms with Gasteiger partial charge in [0, 0.05) is 18.2 Å². The van der Waals surface area contributed by atoms with Gasteiger partial charge >= 0.3 is 0 Å². The van der Waals surface area contributed by atoms with Crippen molar-refractivity contribution in [2.75, 3.05) is 11.9 Å². The minimum atomic E-state index is -0.256. The standard InChI is InChI=1S/C17H28N2O2/c1-5-15(20)8-9-18-14(4)11-17(21)19-16-7-6-12(2)10-13(16)3/h6-7,10,14-15,18,20H,5,8-9,11H2,1-4H3,(H,19,21). The van der Waals surface area contributed by atoms with Crippen LogP contribution in [0.2, 0.25) is 0 Å². The Morgan fingerprint density at radius 2 is 2.05 bits per heavy atom. The van der Waals surface area contributed by atoms with E-state index in [0.29, 0.717) is 6.42 Å². The molecule has 0 aliphatic rings. The second-order valence-electron chi connectivity index (χ2n) is 5.78. The number of amides is 1. The first-order valence-electron chi connectivity index (χ1n) is 7.71. The molecule has 1 amide bonds. The first-order chi connectivity index (χ1) is 9.92. The number of hydrogen-bond acceptors (Lipinski definition) is 3. The van der Waals surface area contributed by atoms with Crippen LogP contribution in [0.25, 0.3) is 0 Å². The maximum Gasteiger partial charge on any atom is 0.225 e. The minimum absolute atomic E-state index is 0.0120. The van der Waals surface area contributed by atoms with E-state index in [1.54, 1.807) is 0 Å². The second-order valence-corrected chi connectivity index (χ2v) is 5.78. The molecule has 0 aromatic heterocycles. The van der Waals surface area contributed by atoms with Gasteiger partial charge in [-0.15, -0.1) is 0 Å². The van der Waals surface area contributed by atoms with Crippen molar-refractivity contribution in [2.45, 2.75) is 59.1 Å². The van der Waals surface area contributed by atoms with E-state index in [0.717, 1.165) is 30.6 Å². The van der Waals surface area contributed by atoms with Crippen LogP contribution in [0.3, 0.4) is 0 Å². The molecule has 118 valence electrons. The van der Waals surface area contributed by atoms with Crippen molar-refractivity contribution in [1.82, 2.24) is 5.32 Å². The van der Waals surface area contributed by atoms with E-state index in [9.17, 15) is 9.90 Å². The van der Waals surface area contributed by atoms with E-state index in [1.807, 2.05) is 39.8 Å². The van der Waals surface area contributed by atoms with Crippen LogP contribution in [-0.2, 0) is 4.79 Å². The molecule has 0 heterocycles. The zero-order valence-electron chi connectivity index (χ0n) is 13.6. The fourth-order valence-electron chi connectivity index (χ4n) is 2.21. The molecule has 0 bridgehead atoms. The molecule has 3 N–H and O–H groups in total. The van der Waals surface area contributed by atoms with E-state index < -0.39 is 0 Å². The van der Waals surface area contributed by atoms with E-state index >= 15 is 0 Å². The Morgan fingerprint density at radius 1 is 1.33 bits per heavy atom. The van der Waals surface area contributed by atoms with Gasteiger partial charge in [0.1, 0.15) is 0 Å². The highest BCUT2D eigenvalue weighted by Gasteiger charge is 2.10. The maximum atomic E-state index is 12.0. The van der Waals surface area contributed by atoms with Crippen molar-refractivity contribution in [3.63, 3.8) is 0 Å². The van der Waals surface area contributed by atoms with Gasteiger partial charge in [-0.3, -0.25) is 4.79 Å². The summed E-state index contributed by atoms with van der Waals surface area (Å²) < 4.78 is 0. The number of carbonyl (C=O) groups excluding carboxylic acids is 1. The summed E-state index contributed by atoms with van der Waals surface area (Å²) in [7, 11) is 0. The summed E-state index contributed by atoms with van der Waals surface area (Å²) in [4.78, 5) is 12.0. The van der Waals surface area contributed by atoms with Gasteiger partial charge in [-0.1, -0.05) is 24.6 Å². The lowest BCUT2D eigenvalue weighted by Gasteiger charge is -2.16. The Balaban J connectivity index is 2.35. The first-order valence-corrected chi connectivity index (χ1v) is 7.71. The number of nitrogens with one attached hydrogen (secondary N) is 2. The van der Waals surface area contributed by atoms with Crippen molar-refractivity contribution in [3.8, 4) is 0 Å². The Bertz CT molecular complexity index is 460. The van der Waals surface area contributed by atoms with Crippen LogP contribution in [0.4, 0.5) is 5.69 Å². The Labute approximate surface area is 128 Å². The highest BCUT2D eigenvalue weighted by molar-refractivity contribution is 5.91. The average Bonchev–Trinajstić information content (AvgIpc) is 2.41. The zero-order chi connectivity index (χ0) is 15.8. The molecule has 0 radical (unpaired) electrons. The molecule has 0 aliphatic heterocycles. The van der Waals surface area contributed by atoms with Gasteiger partial charge in [-0.25, -0.2) is 0 Å². The molecular formula is C17H28N2O2. The Kier molecular flexibility index (Phi) is 7.40. The van der Waals surface area contributed by atoms with Gasteiger partial charge in [0.2, 0.25) is 5.91 Å². The number of benzene rings is 1. The molecule has 1 aromatic rings. The molecule has 1 aromatic carbocycles. The monoisotopic (exact) mass is 292 g/mol. The maximum absolute atomic E-state index is 12.0. The topological polar surface area (TPSA) is 61.4 Å². The summed E-state index contributed by atoms with van der Waals surface area (Å²) >= 11 is 0. The number of rotatable bonds is 8. The van der Waals surface area contributed by atoms with Crippen LogP contribution < -0.4 is 10.6 Å². The molecule has 0 saturated carbocycles. The van der Waals surface area contributed by atoms with Crippen LogP contribution in [0.1, 0.15) is 44.2 Å². The van der Waals surface area contributed by atoms with Crippen molar-refractivity contribution in [2.24, 2.45) is 0 Å². The van der Waals surface area contributed by atoms with E-state index in [-0.39, 0.29) is 18.1 Å². The molecule has 1 rings (SSSR count). The first kappa shape index (κ1) is 17.7. The van der Waals surface area contributed by atoms with E-state index in [1.165, 1.54) is 5.56 Å². The third-order valence-electron chi connectivity index (χ3n) is 3.59. The van der Waals surface area contributed by atoms with Gasteiger partial charge in [-0.05, 0) is 51.8 Å². The average molecular weight is 292 g/mol. The number of aliphatic hydroxyl groups is 1. The Hall–Kier alpha value is -1.39. The molecular weight excluding hydrogens is 264 g/mol. The predicted octanol–water partition coefficient (Wildman–Crippen LogP) is 2.77. The molecule has 0 spiro atoms. The fourth-order valence-corrected chi connectivity index (χ4v) is 2.21. The van der Waals surface area contributed by atoms with Crippen molar-refractivity contribution >= 4 is 11.6 Å². The number of aryl methyl sites for hydroxylation is 2. The molecule has 2 unspecified atom stereocenters. The molecule has 0 saturated heterocycles. The summed E-state index contributed by atoms with van der Waals surface area (Å²) in [5.41, 5.74) is 3.14. The normalized spacial score (nSPS) is 13.8. The summed E-state index contributed by atoms with van der Waals surface area (Å²) in [6, 6.07) is 6.10. The summed E-state index contributed by atoms with van der Waals surface area (Å²) in [5, 5.41) is 15.7. The van der Waals surface area contributed by atoms with Crippen LogP contribution in [0.15, 0.2) is 18.2 Å². The van der Waals surface area contributed by atoms with E-state index in [2.05, 4.69) is 16.7 Å². The molecule has 0 aliphatic carbocycles. The zero-order valence-corrected chi connectivity index (χ0v) is 13.6. The van der Waals surface area contributed by atoms with Crippen LogP contribution in [-0.4, -0.2) is 29.7 Å². The second kappa shape index (κ2) is 8.80. The van der Waals surface area contributed by atoms with Gasteiger partial charge in [0.15, 0.2) is 0 Å². The van der Waals surface area contributed by atoms with Gasteiger partial charge in [0.25, 0.3) is 0 Å². The Morgan fingerprint density at radius 3 is 2.67 bits per heavy atom. The van der Waals surface area contributed by atoms with Crippen molar-refractivity contribution in [3.05, 3.63) is 29.3 Å². The smallest absolute Gasteiger partial charge is 0.225 e. The summed E-state index contributed by atoms with van der Waals surface area (Å²) in [6.45, 7) is 8.71. The lowest BCUT2D eigenvalue weighted by molar-refractivity contribution is -0.116. The number of carbonyl (C=O) groups is 1. The largest absolute Gasteiger partial charge is 0.393 e. The van der Waals surface area contributed by atoms with Crippen LogP contribution in [0, 0.1) is 13.8 Å². The highest BCUT2D eigenvalue weighted by atomic mass is 16.3. The number of aliphatic hydroxyl groups excluding tert-OH is 1. The van der Waals surface area contributed by atoms with Crippen LogP contribution in [0.5, 0.6) is 0 Å². The van der Waals surface area contributed by atoms with Crippen molar-refractivity contribution in [1.29, 1.82) is 0 Å². The summed E-state index contributed by atoms with van der Waals surface area (Å²) in [6.07, 6.45) is 1.66.